The Labute approximate surface area is 104 Å². The molecule has 0 atom stereocenters. The van der Waals surface area contributed by atoms with Gasteiger partial charge < -0.3 is 0 Å². The molecule has 1 aromatic heterocycles. The average molecular weight is 288 g/mol. The summed E-state index contributed by atoms with van der Waals surface area (Å²) in [6.07, 6.45) is -10.7. The Bertz CT molecular complexity index is 485. The summed E-state index contributed by atoms with van der Waals surface area (Å²) >= 11 is 0. The van der Waals surface area contributed by atoms with Crippen molar-refractivity contribution in [1.29, 1.82) is 0 Å². The second-order valence-electron chi connectivity index (χ2n) is 3.96. The van der Waals surface area contributed by atoms with Gasteiger partial charge >= 0.3 is 12.4 Å². The van der Waals surface area contributed by atoms with Gasteiger partial charge in [-0.25, -0.2) is 0 Å². The highest BCUT2D eigenvalue weighted by Gasteiger charge is 2.42. The van der Waals surface area contributed by atoms with Gasteiger partial charge in [-0.2, -0.15) is 31.4 Å². The molecule has 0 radical (unpaired) electrons. The predicted molar refractivity (Wildman–Crippen MR) is 52.8 cm³/mol. The molecule has 0 saturated heterocycles. The highest BCUT2D eigenvalue weighted by atomic mass is 19.4. The van der Waals surface area contributed by atoms with Crippen LogP contribution in [0.3, 0.4) is 0 Å². The number of nitrogens with zero attached hydrogens (tertiary/aromatic N) is 2. The first-order chi connectivity index (χ1) is 8.43. The molecule has 0 unspecified atom stereocenters. The van der Waals surface area contributed by atoms with Gasteiger partial charge in [-0.3, -0.25) is 9.48 Å². The Morgan fingerprint density at radius 3 is 2.11 bits per heavy atom. The van der Waals surface area contributed by atoms with Crippen molar-refractivity contribution in [3.63, 3.8) is 0 Å². The largest absolute Gasteiger partial charge is 0.455 e. The molecule has 3 nitrogen and oxygen atoms in total. The van der Waals surface area contributed by atoms with E-state index < -0.39 is 36.7 Å². The minimum Gasteiger partial charge on any atom is -0.284 e. The molecule has 0 fully saturated rings. The number of carbonyl (C=O) groups excluding carboxylic acids is 1. The van der Waals surface area contributed by atoms with E-state index in [2.05, 4.69) is 5.10 Å². The Balaban J connectivity index is 3.05. The van der Waals surface area contributed by atoms with Crippen molar-refractivity contribution in [2.45, 2.75) is 39.2 Å². The number of halogens is 6. The lowest BCUT2D eigenvalue weighted by atomic mass is 10.1. The molecule has 0 amide bonds. The van der Waals surface area contributed by atoms with E-state index in [4.69, 9.17) is 0 Å². The monoisotopic (exact) mass is 288 g/mol. The molecule has 0 bridgehead atoms. The number of Topliss-reactive ketones (excluding diaryl/α,β-unsaturated/α-hetero) is 1. The van der Waals surface area contributed by atoms with Crippen molar-refractivity contribution in [1.82, 2.24) is 9.78 Å². The summed E-state index contributed by atoms with van der Waals surface area (Å²) in [6.45, 7) is 1.66. The summed E-state index contributed by atoms with van der Waals surface area (Å²) < 4.78 is 73.8. The fraction of sp³-hybridized carbons (Fsp3) is 0.600. The molecule has 0 N–H and O–H groups in total. The van der Waals surface area contributed by atoms with Crippen LogP contribution in [0.1, 0.15) is 28.2 Å². The van der Waals surface area contributed by atoms with Crippen LogP contribution < -0.4 is 0 Å². The molecule has 108 valence electrons. The van der Waals surface area contributed by atoms with Crippen molar-refractivity contribution in [3.05, 3.63) is 17.0 Å². The summed E-state index contributed by atoms with van der Waals surface area (Å²) in [4.78, 5) is 11.1. The maximum absolute atomic E-state index is 12.3. The van der Waals surface area contributed by atoms with E-state index >= 15 is 0 Å². The normalized spacial score (nSPS) is 12.8. The summed E-state index contributed by atoms with van der Waals surface area (Å²) in [5.41, 5.74) is -1.14. The van der Waals surface area contributed by atoms with Crippen LogP contribution in [-0.4, -0.2) is 27.9 Å². The van der Waals surface area contributed by atoms with Crippen LogP contribution >= 0.6 is 0 Å². The van der Waals surface area contributed by atoms with E-state index in [1.165, 1.54) is 0 Å². The van der Waals surface area contributed by atoms with E-state index in [1.807, 2.05) is 0 Å². The topological polar surface area (TPSA) is 34.9 Å². The number of carbonyl (C=O) groups is 1. The maximum Gasteiger partial charge on any atom is 0.455 e. The zero-order valence-electron chi connectivity index (χ0n) is 9.98. The summed E-state index contributed by atoms with van der Waals surface area (Å²) in [6, 6.07) is 0. The highest BCUT2D eigenvalue weighted by molar-refractivity contribution is 6.02. The SMILES string of the molecule is Cc1nn(CCC(F)(F)F)c(C)c1C(=O)C(F)(F)F. The van der Waals surface area contributed by atoms with Gasteiger partial charge in [-0.1, -0.05) is 0 Å². The van der Waals surface area contributed by atoms with Gasteiger partial charge in [-0.05, 0) is 13.8 Å². The van der Waals surface area contributed by atoms with Gasteiger partial charge in [0.15, 0.2) is 0 Å². The quantitative estimate of drug-likeness (QED) is 0.632. The number of hydrogen-bond acceptors (Lipinski definition) is 2. The van der Waals surface area contributed by atoms with Crippen LogP contribution in [0, 0.1) is 13.8 Å². The molecule has 1 rings (SSSR count). The molecule has 19 heavy (non-hydrogen) atoms. The smallest absolute Gasteiger partial charge is 0.284 e. The Morgan fingerprint density at radius 2 is 1.68 bits per heavy atom. The fourth-order valence-corrected chi connectivity index (χ4v) is 1.62. The summed E-state index contributed by atoms with van der Waals surface area (Å²) in [5, 5.41) is 3.54. The summed E-state index contributed by atoms with van der Waals surface area (Å²) in [5.74, 6) is -2.10. The molecule has 9 heteroatoms. The number of hydrogen-bond donors (Lipinski definition) is 0. The van der Waals surface area contributed by atoms with Crippen LogP contribution in [0.25, 0.3) is 0 Å². The maximum atomic E-state index is 12.3. The van der Waals surface area contributed by atoms with Gasteiger partial charge in [0.25, 0.3) is 5.78 Å². The van der Waals surface area contributed by atoms with E-state index in [1.54, 1.807) is 0 Å². The van der Waals surface area contributed by atoms with Crippen molar-refractivity contribution < 1.29 is 31.1 Å². The zero-order valence-corrected chi connectivity index (χ0v) is 9.98. The first-order valence-corrected chi connectivity index (χ1v) is 5.16. The van der Waals surface area contributed by atoms with Crippen molar-refractivity contribution in [2.24, 2.45) is 0 Å². The van der Waals surface area contributed by atoms with Crippen LogP contribution in [0.2, 0.25) is 0 Å². The van der Waals surface area contributed by atoms with Crippen LogP contribution in [0.15, 0.2) is 0 Å². The van der Waals surface area contributed by atoms with Gasteiger partial charge in [0.05, 0.1) is 17.7 Å². The van der Waals surface area contributed by atoms with Crippen LogP contribution in [0.4, 0.5) is 26.3 Å². The number of ketones is 1. The minimum absolute atomic E-state index is 0.218. The minimum atomic E-state index is -5.08. The molecular formula is C10H10F6N2O. The van der Waals surface area contributed by atoms with E-state index in [-0.39, 0.29) is 11.4 Å². The fourth-order valence-electron chi connectivity index (χ4n) is 1.62. The van der Waals surface area contributed by atoms with Crippen LogP contribution in [0.5, 0.6) is 0 Å². The molecule has 0 spiro atoms. The molecule has 0 aliphatic heterocycles. The molecule has 0 aromatic carbocycles. The van der Waals surface area contributed by atoms with Gasteiger partial charge in [0, 0.05) is 12.2 Å². The highest BCUT2D eigenvalue weighted by Crippen LogP contribution is 2.26. The Hall–Kier alpha value is -1.54. The molecular weight excluding hydrogens is 278 g/mol. The molecule has 0 saturated carbocycles. The molecule has 0 aliphatic carbocycles. The number of aromatic nitrogens is 2. The lowest BCUT2D eigenvalue weighted by Gasteiger charge is -2.08. The number of aryl methyl sites for hydroxylation is 2. The van der Waals surface area contributed by atoms with Crippen molar-refractivity contribution in [3.8, 4) is 0 Å². The molecule has 1 aromatic rings. The molecule has 1 heterocycles. The predicted octanol–water partition coefficient (Wildman–Crippen LogP) is 3.20. The standard InChI is InChI=1S/C10H10F6N2O/c1-5-7(8(19)10(14,15)16)6(2)18(17-5)4-3-9(11,12)13/h3-4H2,1-2H3. The average Bonchev–Trinajstić information content (AvgIpc) is 2.48. The van der Waals surface area contributed by atoms with E-state index in [9.17, 15) is 31.1 Å². The second-order valence-corrected chi connectivity index (χ2v) is 3.96. The first-order valence-electron chi connectivity index (χ1n) is 5.16. The molecule has 0 aliphatic rings. The van der Waals surface area contributed by atoms with E-state index in [0.717, 1.165) is 18.5 Å². The third-order valence-electron chi connectivity index (χ3n) is 2.47. The van der Waals surface area contributed by atoms with Gasteiger partial charge in [-0.15, -0.1) is 0 Å². The first kappa shape index (κ1) is 15.5. The van der Waals surface area contributed by atoms with Crippen LogP contribution in [-0.2, 0) is 6.54 Å². The second kappa shape index (κ2) is 4.86. The zero-order chi connectivity index (χ0) is 15.0. The Morgan fingerprint density at radius 1 is 1.16 bits per heavy atom. The van der Waals surface area contributed by atoms with Crippen molar-refractivity contribution in [2.75, 3.05) is 0 Å². The number of alkyl halides is 6. The van der Waals surface area contributed by atoms with Crippen molar-refractivity contribution >= 4 is 5.78 Å². The van der Waals surface area contributed by atoms with Gasteiger partial charge in [0.2, 0.25) is 0 Å². The Kier molecular flexibility index (Phi) is 3.97. The lowest BCUT2D eigenvalue weighted by Crippen LogP contribution is -2.24. The van der Waals surface area contributed by atoms with E-state index in [0.29, 0.717) is 0 Å². The van der Waals surface area contributed by atoms with Gasteiger partial charge in [0.1, 0.15) is 0 Å². The summed E-state index contributed by atoms with van der Waals surface area (Å²) in [7, 11) is 0. The third kappa shape index (κ3) is 3.71. The lowest BCUT2D eigenvalue weighted by molar-refractivity contribution is -0.137. The third-order valence-corrected chi connectivity index (χ3v) is 2.47. The number of rotatable bonds is 3.